The number of carboxylic acid groups (broad SMARTS) is 1. The second kappa shape index (κ2) is 19.2. The van der Waals surface area contributed by atoms with Gasteiger partial charge in [-0.15, -0.1) is 11.3 Å². The van der Waals surface area contributed by atoms with Gasteiger partial charge in [0.05, 0.1) is 18.6 Å². The maximum atomic E-state index is 13.8. The van der Waals surface area contributed by atoms with Gasteiger partial charge < -0.3 is 25.2 Å². The topological polar surface area (TPSA) is 140 Å². The molecule has 11 heteroatoms. The van der Waals surface area contributed by atoms with Gasteiger partial charge in [-0.25, -0.2) is 14.8 Å². The van der Waals surface area contributed by atoms with Gasteiger partial charge in [-0.2, -0.15) is 0 Å². The number of carbonyl (C=O) groups is 3. The van der Waals surface area contributed by atoms with E-state index in [4.69, 9.17) is 9.47 Å². The van der Waals surface area contributed by atoms with Crippen LogP contribution >= 0.6 is 11.3 Å². The molecule has 2 amide bonds. The summed E-state index contributed by atoms with van der Waals surface area (Å²) in [5.74, 6) is -0.464. The summed E-state index contributed by atoms with van der Waals surface area (Å²) in [4.78, 5) is 50.4. The van der Waals surface area contributed by atoms with Crippen molar-refractivity contribution in [2.45, 2.75) is 83.7 Å². The average Bonchev–Trinajstić information content (AvgIpc) is 3.71. The molecule has 0 saturated carbocycles. The van der Waals surface area contributed by atoms with Crippen LogP contribution in [0, 0.1) is 0 Å². The van der Waals surface area contributed by atoms with Crippen LogP contribution in [0.5, 0.6) is 11.5 Å². The number of unbranched alkanes of at least 4 members (excludes halogenated alkanes) is 4. The molecule has 2 heterocycles. The Bertz CT molecular complexity index is 2020. The number of ether oxygens (including phenoxy) is 2. The number of rotatable bonds is 18. The van der Waals surface area contributed by atoms with E-state index in [1.165, 1.54) is 44.1 Å². The maximum Gasteiger partial charge on any atom is 0.330 e. The average molecular weight is 763 g/mol. The molecule has 55 heavy (non-hydrogen) atoms. The lowest BCUT2D eigenvalue weighted by Crippen LogP contribution is -2.49. The summed E-state index contributed by atoms with van der Waals surface area (Å²) in [5.41, 5.74) is 3.58. The zero-order chi connectivity index (χ0) is 39.4. The Hall–Kier alpha value is -5.55. The van der Waals surface area contributed by atoms with E-state index in [-0.39, 0.29) is 11.8 Å². The number of thiophene rings is 1. The summed E-state index contributed by atoms with van der Waals surface area (Å²) >= 11 is 1.36. The van der Waals surface area contributed by atoms with Gasteiger partial charge in [0.15, 0.2) is 11.9 Å². The number of amides is 2. The highest BCUT2D eigenvalue weighted by Gasteiger charge is 2.29. The van der Waals surface area contributed by atoms with E-state index in [0.717, 1.165) is 39.3 Å². The van der Waals surface area contributed by atoms with Gasteiger partial charge in [0.2, 0.25) is 5.91 Å². The molecule has 2 aromatic heterocycles. The van der Waals surface area contributed by atoms with Crippen LogP contribution in [0.2, 0.25) is 0 Å². The van der Waals surface area contributed by atoms with Crippen molar-refractivity contribution in [1.82, 2.24) is 20.6 Å². The van der Waals surface area contributed by atoms with Crippen LogP contribution in [0.15, 0.2) is 97.3 Å². The van der Waals surface area contributed by atoms with Gasteiger partial charge in [0.25, 0.3) is 5.91 Å². The van der Waals surface area contributed by atoms with Crippen molar-refractivity contribution in [2.75, 3.05) is 13.7 Å². The van der Waals surface area contributed by atoms with Crippen LogP contribution in [0.25, 0.3) is 22.5 Å². The number of nitrogens with one attached hydrogen (secondary N) is 2. The molecule has 2 unspecified atom stereocenters. The smallest absolute Gasteiger partial charge is 0.330 e. The Labute approximate surface area is 327 Å². The third-order valence-electron chi connectivity index (χ3n) is 9.16. The Balaban J connectivity index is 1.28. The fourth-order valence-electron chi connectivity index (χ4n) is 5.94. The lowest BCUT2D eigenvalue weighted by Gasteiger charge is -2.22. The molecule has 0 bridgehead atoms. The standard InChI is InChI=1S/C44H50N4O6S/c1-6-7-8-9-10-24-54-34-20-18-30(19-21-34)33-27-45-40(46-28-33)31-16-14-29(15-17-31)25-36(47-42(50)37-22-23-38(55-37)44(2,3)4)41(49)48-39(43(51)52)32-12-11-13-35(26-32)53-5/h11-23,26-28,36,39H,6-10,24-25H2,1-5H3,(H,47,50)(H,48,49)(H,51,52). The van der Waals surface area contributed by atoms with Gasteiger partial charge in [-0.1, -0.05) is 102 Å². The highest BCUT2D eigenvalue weighted by molar-refractivity contribution is 7.14. The fraction of sp³-hybridized carbons (Fsp3) is 0.341. The van der Waals surface area contributed by atoms with Crippen molar-refractivity contribution < 1.29 is 29.0 Å². The summed E-state index contributed by atoms with van der Waals surface area (Å²) in [6.07, 6.45) is 9.65. The Kier molecular flexibility index (Phi) is 14.2. The zero-order valence-corrected chi connectivity index (χ0v) is 32.9. The molecule has 3 N–H and O–H groups in total. The highest BCUT2D eigenvalue weighted by Crippen LogP contribution is 2.30. The molecule has 0 aliphatic heterocycles. The highest BCUT2D eigenvalue weighted by atomic mass is 32.1. The Morgan fingerprint density at radius 1 is 0.800 bits per heavy atom. The zero-order valence-electron chi connectivity index (χ0n) is 32.1. The molecule has 5 aromatic rings. The summed E-state index contributed by atoms with van der Waals surface area (Å²) in [7, 11) is 1.48. The van der Waals surface area contributed by atoms with E-state index in [0.29, 0.717) is 28.6 Å². The molecule has 0 aliphatic carbocycles. The summed E-state index contributed by atoms with van der Waals surface area (Å²) < 4.78 is 11.2. The molecule has 5 rings (SSSR count). The number of aliphatic carboxylic acids is 1. The van der Waals surface area contributed by atoms with Gasteiger partial charge in [-0.05, 0) is 64.9 Å². The Morgan fingerprint density at radius 3 is 2.13 bits per heavy atom. The largest absolute Gasteiger partial charge is 0.497 e. The normalized spacial score (nSPS) is 12.4. The van der Waals surface area contributed by atoms with Crippen LogP contribution in [0.4, 0.5) is 0 Å². The number of nitrogens with zero attached hydrogens (tertiary/aromatic N) is 2. The predicted molar refractivity (Wildman–Crippen MR) is 217 cm³/mol. The van der Waals surface area contributed by atoms with Crippen molar-refractivity contribution in [3.05, 3.63) is 118 Å². The second-order valence-electron chi connectivity index (χ2n) is 14.5. The first-order valence-corrected chi connectivity index (χ1v) is 19.5. The van der Waals surface area contributed by atoms with Gasteiger partial charge in [0.1, 0.15) is 17.5 Å². The molecule has 0 aliphatic rings. The number of methoxy groups -OCH3 is 1. The lowest BCUT2D eigenvalue weighted by molar-refractivity contribution is -0.142. The monoisotopic (exact) mass is 762 g/mol. The van der Waals surface area contributed by atoms with E-state index in [2.05, 4.69) is 48.3 Å². The van der Waals surface area contributed by atoms with Crippen molar-refractivity contribution in [2.24, 2.45) is 0 Å². The lowest BCUT2D eigenvalue weighted by atomic mass is 9.95. The minimum absolute atomic E-state index is 0.109. The molecule has 0 fully saturated rings. The minimum Gasteiger partial charge on any atom is -0.497 e. The van der Waals surface area contributed by atoms with Crippen LogP contribution < -0.4 is 20.1 Å². The summed E-state index contributed by atoms with van der Waals surface area (Å²) in [6.45, 7) is 9.12. The van der Waals surface area contributed by atoms with Gasteiger partial charge >= 0.3 is 5.97 Å². The molecular formula is C44H50N4O6S. The molecule has 10 nitrogen and oxygen atoms in total. The van der Waals surface area contributed by atoms with E-state index < -0.39 is 29.9 Å². The molecule has 2 atom stereocenters. The molecule has 3 aromatic carbocycles. The molecule has 288 valence electrons. The Morgan fingerprint density at radius 2 is 1.49 bits per heavy atom. The summed E-state index contributed by atoms with van der Waals surface area (Å²) in [5, 5.41) is 15.6. The first-order chi connectivity index (χ1) is 26.4. The number of carboxylic acids is 1. The molecule has 0 saturated heterocycles. The van der Waals surface area contributed by atoms with E-state index in [1.54, 1.807) is 42.7 Å². The number of hydrogen-bond acceptors (Lipinski definition) is 8. The van der Waals surface area contributed by atoms with Crippen LogP contribution in [0.1, 0.15) is 91.5 Å². The number of benzene rings is 3. The van der Waals surface area contributed by atoms with Crippen molar-refractivity contribution in [3.8, 4) is 34.0 Å². The van der Waals surface area contributed by atoms with Crippen LogP contribution in [-0.4, -0.2) is 52.6 Å². The number of hydrogen-bond donors (Lipinski definition) is 3. The first-order valence-electron chi connectivity index (χ1n) is 18.7. The third kappa shape index (κ3) is 11.5. The van der Waals surface area contributed by atoms with Crippen molar-refractivity contribution >= 4 is 29.1 Å². The van der Waals surface area contributed by atoms with E-state index in [1.807, 2.05) is 54.6 Å². The predicted octanol–water partition coefficient (Wildman–Crippen LogP) is 8.81. The SMILES string of the molecule is CCCCCCCOc1ccc(-c2cnc(-c3ccc(CC(NC(=O)c4ccc(C(C)(C)C)s4)C(=O)NC(C(=O)O)c4cccc(OC)c4)cc3)nc2)cc1. The maximum absolute atomic E-state index is 13.8. The number of aromatic nitrogens is 2. The first kappa shape index (κ1) is 40.6. The number of carbonyl (C=O) groups excluding carboxylic acids is 2. The van der Waals surface area contributed by atoms with Crippen LogP contribution in [-0.2, 0) is 21.4 Å². The quantitative estimate of drug-likeness (QED) is 0.0753. The van der Waals surface area contributed by atoms with Gasteiger partial charge in [0, 0.05) is 34.8 Å². The molecule has 0 radical (unpaired) electrons. The van der Waals surface area contributed by atoms with Crippen LogP contribution in [0.3, 0.4) is 0 Å². The second-order valence-corrected chi connectivity index (χ2v) is 15.6. The minimum atomic E-state index is -1.37. The van der Waals surface area contributed by atoms with Gasteiger partial charge in [-0.3, -0.25) is 9.59 Å². The summed E-state index contributed by atoms with van der Waals surface area (Å²) in [6, 6.07) is 23.1. The van der Waals surface area contributed by atoms with Crippen molar-refractivity contribution in [1.29, 1.82) is 0 Å². The third-order valence-corrected chi connectivity index (χ3v) is 10.7. The van der Waals surface area contributed by atoms with E-state index in [9.17, 15) is 19.5 Å². The van der Waals surface area contributed by atoms with Crippen molar-refractivity contribution in [3.63, 3.8) is 0 Å². The fourth-order valence-corrected chi connectivity index (χ4v) is 6.91. The van der Waals surface area contributed by atoms with E-state index >= 15 is 0 Å². The molecular weight excluding hydrogens is 713 g/mol. The molecule has 0 spiro atoms.